The number of rotatable bonds is 4. The van der Waals surface area contributed by atoms with Gasteiger partial charge in [0.05, 0.1) is 17.4 Å². The molecule has 0 saturated heterocycles. The molecular weight excluding hydrogens is 234 g/mol. The Kier molecular flexibility index (Phi) is 3.18. The van der Waals surface area contributed by atoms with Gasteiger partial charge in [-0.15, -0.1) is 0 Å². The van der Waals surface area contributed by atoms with Crippen LogP contribution in [0.15, 0.2) is 36.5 Å². The number of carbonyl (C=O) groups is 1. The van der Waals surface area contributed by atoms with Crippen LogP contribution in [0.1, 0.15) is 15.9 Å². The quantitative estimate of drug-likeness (QED) is 0.468. The molecule has 92 valence electrons. The predicted molar refractivity (Wildman–Crippen MR) is 64.4 cm³/mol. The van der Waals surface area contributed by atoms with Crippen molar-refractivity contribution in [2.24, 2.45) is 0 Å². The smallest absolute Gasteiger partial charge is 0.358 e. The molecule has 6 heteroatoms. The van der Waals surface area contributed by atoms with Gasteiger partial charge < -0.3 is 10.1 Å². The Morgan fingerprint density at radius 2 is 2.11 bits per heavy atom. The molecule has 0 radical (unpaired) electrons. The van der Waals surface area contributed by atoms with Gasteiger partial charge in [-0.2, -0.15) is 4.68 Å². The lowest BCUT2D eigenvalue weighted by Gasteiger charge is -2.02. The van der Waals surface area contributed by atoms with Gasteiger partial charge in [-0.1, -0.05) is 24.3 Å². The van der Waals surface area contributed by atoms with Crippen LogP contribution in [0.25, 0.3) is 0 Å². The van der Waals surface area contributed by atoms with Crippen molar-refractivity contribution in [1.29, 1.82) is 0 Å². The summed E-state index contributed by atoms with van der Waals surface area (Å²) in [5.41, 5.74) is 1.49. The van der Waals surface area contributed by atoms with Crippen LogP contribution in [0.3, 0.4) is 0 Å². The number of aryl methyl sites for hydroxylation is 1. The van der Waals surface area contributed by atoms with Gasteiger partial charge in [0.1, 0.15) is 6.54 Å². The molecule has 18 heavy (non-hydrogen) atoms. The second-order valence-corrected chi connectivity index (χ2v) is 3.87. The van der Waals surface area contributed by atoms with Crippen molar-refractivity contribution in [2.75, 3.05) is 0 Å². The van der Waals surface area contributed by atoms with E-state index < -0.39 is 4.92 Å². The number of hydrogen-bond donors (Lipinski definition) is 0. The van der Waals surface area contributed by atoms with Crippen LogP contribution >= 0.6 is 0 Å². The first kappa shape index (κ1) is 12.0. The van der Waals surface area contributed by atoms with E-state index in [0.717, 1.165) is 5.56 Å². The Bertz CT molecular complexity index is 604. The third-order valence-electron chi connectivity index (χ3n) is 2.56. The van der Waals surface area contributed by atoms with Crippen LogP contribution in [0, 0.1) is 17.0 Å². The van der Waals surface area contributed by atoms with Crippen molar-refractivity contribution in [3.8, 4) is 0 Å². The van der Waals surface area contributed by atoms with Crippen molar-refractivity contribution in [3.05, 3.63) is 57.8 Å². The molecule has 0 aliphatic heterocycles. The highest BCUT2D eigenvalue weighted by molar-refractivity contribution is 5.97. The first-order valence-electron chi connectivity index (χ1n) is 5.34. The molecule has 2 aromatic rings. The van der Waals surface area contributed by atoms with Gasteiger partial charge in [0.2, 0.25) is 0 Å². The fraction of sp³-hybridized carbons (Fsp3) is 0.167. The Labute approximate surface area is 103 Å². The zero-order valence-electron chi connectivity index (χ0n) is 9.74. The summed E-state index contributed by atoms with van der Waals surface area (Å²) in [6.45, 7) is 1.84. The summed E-state index contributed by atoms with van der Waals surface area (Å²) in [6.07, 6.45) is 1.42. The van der Waals surface area contributed by atoms with E-state index in [2.05, 4.69) is 5.10 Å². The van der Waals surface area contributed by atoms with E-state index in [1.807, 2.05) is 19.1 Å². The minimum absolute atomic E-state index is 0.00130. The number of benzene rings is 1. The SMILES string of the molecule is Cc1ccccc1C(=O)Cn1ccc([N+](=O)[O-])n1. The van der Waals surface area contributed by atoms with Crippen LogP contribution in [0.4, 0.5) is 5.82 Å². The standard InChI is InChI=1S/C12H11N3O3/c1-9-4-2-3-5-10(9)11(16)8-14-7-6-12(13-14)15(17)18/h2-7H,8H2,1H3. The molecule has 0 N–H and O–H groups in total. The summed E-state index contributed by atoms with van der Waals surface area (Å²) >= 11 is 0. The topological polar surface area (TPSA) is 78.0 Å². The minimum atomic E-state index is -0.589. The van der Waals surface area contributed by atoms with Crippen LogP contribution in [-0.2, 0) is 6.54 Å². The number of Topliss-reactive ketones (excluding diaryl/α,β-unsaturated/α-hetero) is 1. The third-order valence-corrected chi connectivity index (χ3v) is 2.56. The molecule has 0 atom stereocenters. The maximum atomic E-state index is 12.0. The summed E-state index contributed by atoms with van der Waals surface area (Å²) in [6, 6.07) is 8.48. The van der Waals surface area contributed by atoms with Gasteiger partial charge in [-0.3, -0.25) is 4.79 Å². The highest BCUT2D eigenvalue weighted by Gasteiger charge is 2.15. The minimum Gasteiger partial charge on any atom is -0.358 e. The molecule has 0 fully saturated rings. The summed E-state index contributed by atoms with van der Waals surface area (Å²) in [4.78, 5) is 21.9. The van der Waals surface area contributed by atoms with E-state index in [1.54, 1.807) is 12.1 Å². The Morgan fingerprint density at radius 3 is 2.72 bits per heavy atom. The molecule has 1 aromatic heterocycles. The van der Waals surface area contributed by atoms with Crippen LogP contribution in [0.2, 0.25) is 0 Å². The van der Waals surface area contributed by atoms with E-state index in [4.69, 9.17) is 0 Å². The largest absolute Gasteiger partial charge is 0.389 e. The van der Waals surface area contributed by atoms with E-state index in [0.29, 0.717) is 5.56 Å². The number of nitrogens with zero attached hydrogens (tertiary/aromatic N) is 3. The van der Waals surface area contributed by atoms with Gasteiger partial charge in [0.25, 0.3) is 0 Å². The van der Waals surface area contributed by atoms with Gasteiger partial charge >= 0.3 is 5.82 Å². The zero-order chi connectivity index (χ0) is 13.1. The highest BCUT2D eigenvalue weighted by Crippen LogP contribution is 2.10. The monoisotopic (exact) mass is 245 g/mol. The number of hydrogen-bond acceptors (Lipinski definition) is 4. The lowest BCUT2D eigenvalue weighted by atomic mass is 10.1. The van der Waals surface area contributed by atoms with Crippen molar-refractivity contribution in [3.63, 3.8) is 0 Å². The maximum Gasteiger partial charge on any atom is 0.389 e. The van der Waals surface area contributed by atoms with Crippen molar-refractivity contribution in [1.82, 2.24) is 9.78 Å². The molecule has 1 aromatic carbocycles. The average molecular weight is 245 g/mol. The summed E-state index contributed by atoms with van der Waals surface area (Å²) in [5.74, 6) is -0.376. The lowest BCUT2D eigenvalue weighted by Crippen LogP contribution is -2.12. The first-order chi connectivity index (χ1) is 8.58. The fourth-order valence-corrected chi connectivity index (χ4v) is 1.65. The van der Waals surface area contributed by atoms with Crippen molar-refractivity contribution in [2.45, 2.75) is 13.5 Å². The van der Waals surface area contributed by atoms with E-state index >= 15 is 0 Å². The second-order valence-electron chi connectivity index (χ2n) is 3.87. The van der Waals surface area contributed by atoms with Crippen molar-refractivity contribution >= 4 is 11.6 Å². The Morgan fingerprint density at radius 1 is 1.39 bits per heavy atom. The van der Waals surface area contributed by atoms with Gasteiger partial charge in [0, 0.05) is 5.56 Å². The van der Waals surface area contributed by atoms with Gasteiger partial charge in [-0.05, 0) is 17.4 Å². The molecule has 2 rings (SSSR count). The number of ketones is 1. The lowest BCUT2D eigenvalue weighted by molar-refractivity contribution is -0.389. The van der Waals surface area contributed by atoms with E-state index in [1.165, 1.54) is 16.9 Å². The first-order valence-corrected chi connectivity index (χ1v) is 5.34. The van der Waals surface area contributed by atoms with Gasteiger partial charge in [0.15, 0.2) is 5.78 Å². The van der Waals surface area contributed by atoms with Crippen molar-refractivity contribution < 1.29 is 9.72 Å². The van der Waals surface area contributed by atoms with E-state index in [-0.39, 0.29) is 18.1 Å². The maximum absolute atomic E-state index is 12.0. The Hall–Kier alpha value is -2.50. The number of aromatic nitrogens is 2. The molecule has 0 unspecified atom stereocenters. The van der Waals surface area contributed by atoms with Crippen LogP contribution in [0.5, 0.6) is 0 Å². The number of carbonyl (C=O) groups excluding carboxylic acids is 1. The molecule has 0 spiro atoms. The second kappa shape index (κ2) is 4.79. The average Bonchev–Trinajstić information content (AvgIpc) is 2.78. The molecule has 0 amide bonds. The normalized spacial score (nSPS) is 10.3. The fourth-order valence-electron chi connectivity index (χ4n) is 1.65. The summed E-state index contributed by atoms with van der Waals surface area (Å²) < 4.78 is 1.27. The molecule has 1 heterocycles. The molecule has 0 saturated carbocycles. The Balaban J connectivity index is 2.16. The summed E-state index contributed by atoms with van der Waals surface area (Å²) in [5, 5.41) is 14.2. The zero-order valence-corrected chi connectivity index (χ0v) is 9.74. The molecular formula is C12H11N3O3. The van der Waals surface area contributed by atoms with Gasteiger partial charge in [-0.25, -0.2) is 0 Å². The molecule has 6 nitrogen and oxygen atoms in total. The summed E-state index contributed by atoms with van der Waals surface area (Å²) in [7, 11) is 0. The molecule has 0 aliphatic carbocycles. The van der Waals surface area contributed by atoms with E-state index in [9.17, 15) is 14.9 Å². The van der Waals surface area contributed by atoms with Crippen LogP contribution in [-0.4, -0.2) is 20.5 Å². The predicted octanol–water partition coefficient (Wildman–Crippen LogP) is 1.98. The molecule has 0 aliphatic rings. The van der Waals surface area contributed by atoms with Crippen LogP contribution < -0.4 is 0 Å². The highest BCUT2D eigenvalue weighted by atomic mass is 16.6. The number of nitro groups is 1. The third kappa shape index (κ3) is 2.42. The molecule has 0 bridgehead atoms.